The molecular weight excluding hydrogens is 618 g/mol. The standard InChI is InChI=1S/C20H31NO15S.4Na/c1-3-4-5-8-36-9-6-7-21(13(22)10-12(14(23)24)37(33,34)35)11-20(17(29)30,18(31)32)19(2,15(25)26)16(27)28;;;;/h12H,3-11H2,1-2H3,(H,23,24)(H,25,26)(H,27,28)(H,29,30)(H,31,32)(H,33,34,35);;;;/q;4*+1/p-4. The maximum Gasteiger partial charge on any atom is 1.00 e. The van der Waals surface area contributed by atoms with E-state index in [1.165, 1.54) is 0 Å². The van der Waals surface area contributed by atoms with Crippen molar-refractivity contribution in [1.82, 2.24) is 4.90 Å². The van der Waals surface area contributed by atoms with Crippen LogP contribution in [-0.4, -0.2) is 90.3 Å². The van der Waals surface area contributed by atoms with Crippen molar-refractivity contribution in [2.24, 2.45) is 10.8 Å². The van der Waals surface area contributed by atoms with E-state index in [2.05, 4.69) is 0 Å². The van der Waals surface area contributed by atoms with Gasteiger partial charge in [0.25, 0.3) is 10.1 Å². The van der Waals surface area contributed by atoms with Gasteiger partial charge in [0.15, 0.2) is 0 Å². The van der Waals surface area contributed by atoms with Crippen molar-refractivity contribution in [2.75, 3.05) is 26.3 Å². The Bertz CT molecular complexity index is 981. The zero-order valence-electron chi connectivity index (χ0n) is 24.0. The number of amides is 1. The van der Waals surface area contributed by atoms with Crippen molar-refractivity contribution in [1.29, 1.82) is 0 Å². The van der Waals surface area contributed by atoms with Crippen LogP contribution in [0, 0.1) is 10.8 Å². The molecule has 21 heteroatoms. The third-order valence-corrected chi connectivity index (χ3v) is 6.83. The average Bonchev–Trinajstić information content (AvgIpc) is 2.76. The van der Waals surface area contributed by atoms with E-state index in [0.717, 1.165) is 12.8 Å². The van der Waals surface area contributed by atoms with Crippen molar-refractivity contribution < 1.29 is 190 Å². The molecule has 212 valence electrons. The van der Waals surface area contributed by atoms with Gasteiger partial charge in [-0.05, 0) is 19.8 Å². The minimum Gasteiger partial charge on any atom is -0.549 e. The molecule has 0 saturated carbocycles. The Kier molecular flexibility index (Phi) is 28.9. The molecule has 0 aliphatic carbocycles. The molecule has 0 radical (unpaired) electrons. The number of carbonyl (C=O) groups is 6. The van der Waals surface area contributed by atoms with Crippen LogP contribution < -0.4 is 139 Å². The molecule has 2 N–H and O–H groups in total. The summed E-state index contributed by atoms with van der Waals surface area (Å²) in [6.07, 6.45) is 0.547. The number of unbranched alkanes of at least 4 members (excludes halogenated alkanes) is 2. The van der Waals surface area contributed by atoms with Crippen molar-refractivity contribution in [3.8, 4) is 0 Å². The average molecular weight is 645 g/mol. The van der Waals surface area contributed by atoms with Gasteiger partial charge in [-0.15, -0.1) is 0 Å². The molecule has 16 nitrogen and oxygen atoms in total. The fourth-order valence-electron chi connectivity index (χ4n) is 3.32. The van der Waals surface area contributed by atoms with Crippen molar-refractivity contribution >= 4 is 45.9 Å². The molecule has 0 bridgehead atoms. The number of hydrogen-bond acceptors (Lipinski definition) is 13. The van der Waals surface area contributed by atoms with Crippen LogP contribution in [-0.2, 0) is 43.6 Å². The summed E-state index contributed by atoms with van der Waals surface area (Å²) in [5, 5.41) is 53.1. The maximum atomic E-state index is 12.8. The van der Waals surface area contributed by atoms with Gasteiger partial charge >= 0.3 is 124 Å². The molecule has 41 heavy (non-hydrogen) atoms. The van der Waals surface area contributed by atoms with Crippen LogP contribution in [0.15, 0.2) is 0 Å². The van der Waals surface area contributed by atoms with Crippen LogP contribution in [0.2, 0.25) is 0 Å². The molecule has 0 heterocycles. The van der Waals surface area contributed by atoms with Crippen LogP contribution in [0.1, 0.15) is 46.0 Å². The van der Waals surface area contributed by atoms with E-state index in [-0.39, 0.29) is 150 Å². The molecule has 0 aliphatic rings. The molecule has 1 amide bonds. The summed E-state index contributed by atoms with van der Waals surface area (Å²) in [5.74, 6) is -14.9. The van der Waals surface area contributed by atoms with Gasteiger partial charge in [0.1, 0.15) is 10.7 Å². The maximum absolute atomic E-state index is 12.8. The van der Waals surface area contributed by atoms with Gasteiger partial charge in [0.05, 0.1) is 35.7 Å². The van der Waals surface area contributed by atoms with Crippen molar-refractivity contribution in [3.05, 3.63) is 0 Å². The summed E-state index contributed by atoms with van der Waals surface area (Å²) >= 11 is 0. The minimum atomic E-state index is -5.45. The van der Waals surface area contributed by atoms with Gasteiger partial charge in [-0.2, -0.15) is 8.42 Å². The first kappa shape index (κ1) is 51.3. The van der Waals surface area contributed by atoms with Gasteiger partial charge in [-0.25, -0.2) is 0 Å². The topological polar surface area (TPSA) is 282 Å². The van der Waals surface area contributed by atoms with E-state index < -0.39 is 81.5 Å². The smallest absolute Gasteiger partial charge is 0.549 e. The van der Waals surface area contributed by atoms with Crippen LogP contribution >= 0.6 is 0 Å². The first-order valence-electron chi connectivity index (χ1n) is 10.8. The molecule has 2 atom stereocenters. The zero-order chi connectivity index (χ0) is 29.2. The van der Waals surface area contributed by atoms with E-state index >= 15 is 0 Å². The largest absolute Gasteiger partial charge is 1.00 e. The Balaban J connectivity index is -0.00000108. The number of hydrogen-bond donors (Lipinski definition) is 2. The second-order valence-corrected chi connectivity index (χ2v) is 9.81. The predicted molar refractivity (Wildman–Crippen MR) is 110 cm³/mol. The number of carbonyl (C=O) groups excluding carboxylic acids is 5. The Hall–Kier alpha value is 0.690. The zero-order valence-corrected chi connectivity index (χ0v) is 32.8. The van der Waals surface area contributed by atoms with Crippen LogP contribution in [0.5, 0.6) is 0 Å². The van der Waals surface area contributed by atoms with Crippen LogP contribution in [0.4, 0.5) is 0 Å². The number of rotatable bonds is 19. The molecule has 0 saturated heterocycles. The molecule has 0 aromatic rings. The summed E-state index contributed by atoms with van der Waals surface area (Å²) in [5.41, 5.74) is -7.80. The Labute approximate surface area is 325 Å². The Morgan fingerprint density at radius 1 is 0.854 bits per heavy atom. The molecule has 0 rings (SSSR count). The van der Waals surface area contributed by atoms with Gasteiger partial charge in [0.2, 0.25) is 5.91 Å². The molecule has 0 spiro atoms. The third kappa shape index (κ3) is 14.1. The first-order chi connectivity index (χ1) is 16.9. The van der Waals surface area contributed by atoms with E-state index in [0.29, 0.717) is 6.42 Å². The van der Waals surface area contributed by atoms with E-state index in [4.69, 9.17) is 9.29 Å². The molecule has 0 aliphatic heterocycles. The van der Waals surface area contributed by atoms with Crippen LogP contribution in [0.25, 0.3) is 0 Å². The van der Waals surface area contributed by atoms with Gasteiger partial charge in [-0.3, -0.25) is 14.1 Å². The predicted octanol–water partition coefficient (Wildman–Crippen LogP) is -17.8. The number of ether oxygens (including phenoxy) is 1. The monoisotopic (exact) mass is 645 g/mol. The first-order valence-corrected chi connectivity index (χ1v) is 12.3. The van der Waals surface area contributed by atoms with Gasteiger partial charge < -0.3 is 54.3 Å². The third-order valence-electron chi connectivity index (χ3n) is 5.76. The number of aliphatic carboxylic acids is 5. The fourth-order valence-corrected chi connectivity index (χ4v) is 3.91. The molecule has 0 aromatic carbocycles. The summed E-state index contributed by atoms with van der Waals surface area (Å²) in [6.45, 7) is -0.236. The molecule has 0 aromatic heterocycles. The van der Waals surface area contributed by atoms with E-state index in [9.17, 15) is 62.7 Å². The molecule has 2 unspecified atom stereocenters. The van der Waals surface area contributed by atoms with Gasteiger partial charge in [0, 0.05) is 26.3 Å². The fraction of sp³-hybridized carbons (Fsp3) is 0.700. The second kappa shape index (κ2) is 23.1. The summed E-state index contributed by atoms with van der Waals surface area (Å²) in [6, 6.07) is 0. The van der Waals surface area contributed by atoms with Crippen molar-refractivity contribution in [2.45, 2.75) is 51.2 Å². The summed E-state index contributed by atoms with van der Waals surface area (Å²) < 4.78 is 37.0. The van der Waals surface area contributed by atoms with Crippen LogP contribution in [0.3, 0.4) is 0 Å². The summed E-state index contributed by atoms with van der Waals surface area (Å²) in [7, 11) is -5.45. The minimum absolute atomic E-state index is 0. The molecule has 0 fully saturated rings. The van der Waals surface area contributed by atoms with E-state index in [1.807, 2.05) is 6.92 Å². The van der Waals surface area contributed by atoms with Gasteiger partial charge in [-0.1, -0.05) is 19.8 Å². The quantitative estimate of drug-likeness (QED) is 0.0571. The number of carboxylic acid groups (broad SMARTS) is 5. The molecular formula is C20H27NNa4O15S. The van der Waals surface area contributed by atoms with Crippen molar-refractivity contribution in [3.63, 3.8) is 0 Å². The number of nitrogens with zero attached hydrogens (tertiary/aromatic N) is 1. The summed E-state index contributed by atoms with van der Waals surface area (Å²) in [4.78, 5) is 71.4. The number of carboxylic acids is 5. The Morgan fingerprint density at radius 3 is 1.66 bits per heavy atom. The normalized spacial score (nSPS) is 12.9. The second-order valence-electron chi connectivity index (χ2n) is 8.21. The SMILES string of the molecule is CCCCCOCCCN(CC(C(=O)[O-])(C(=O)O)C(C)(C(=O)[O-])C(=O)[O-])C(=O)CC(C(=O)[O-])S(=O)(=O)O.[Na+].[Na+].[Na+].[Na+]. The van der Waals surface area contributed by atoms with E-state index in [1.54, 1.807) is 0 Å². The Morgan fingerprint density at radius 2 is 1.32 bits per heavy atom.